The van der Waals surface area contributed by atoms with Crippen LogP contribution in [-0.2, 0) is 6.54 Å². The Bertz CT molecular complexity index is 473. The first-order valence-electron chi connectivity index (χ1n) is 6.69. The van der Waals surface area contributed by atoms with Crippen molar-refractivity contribution in [3.8, 4) is 0 Å². The molecule has 0 amide bonds. The van der Waals surface area contributed by atoms with E-state index >= 15 is 0 Å². The van der Waals surface area contributed by atoms with Crippen LogP contribution >= 0.6 is 15.9 Å². The molecule has 1 aliphatic carbocycles. The summed E-state index contributed by atoms with van der Waals surface area (Å²) in [5, 5.41) is 14.2. The van der Waals surface area contributed by atoms with Crippen molar-refractivity contribution in [3.63, 3.8) is 0 Å². The highest BCUT2D eigenvalue weighted by atomic mass is 79.9. The van der Waals surface area contributed by atoms with Crippen LogP contribution < -0.4 is 5.32 Å². The lowest BCUT2D eigenvalue weighted by molar-refractivity contribution is -0.385. The molecular formula is C14H19BrN2O2. The summed E-state index contributed by atoms with van der Waals surface area (Å²) in [5.41, 5.74) is 1.60. The predicted molar refractivity (Wildman–Crippen MR) is 79.1 cm³/mol. The molecule has 4 nitrogen and oxygen atoms in total. The second kappa shape index (κ2) is 6.01. The van der Waals surface area contributed by atoms with Gasteiger partial charge >= 0.3 is 0 Å². The monoisotopic (exact) mass is 326 g/mol. The molecule has 0 unspecified atom stereocenters. The number of hydrogen-bond donors (Lipinski definition) is 1. The molecule has 2 rings (SSSR count). The summed E-state index contributed by atoms with van der Waals surface area (Å²) in [6.45, 7) is 3.92. The van der Waals surface area contributed by atoms with E-state index in [4.69, 9.17) is 0 Å². The summed E-state index contributed by atoms with van der Waals surface area (Å²) in [7, 11) is 0. The van der Waals surface area contributed by atoms with Gasteiger partial charge in [-0.3, -0.25) is 10.1 Å². The Labute approximate surface area is 121 Å². The first kappa shape index (κ1) is 14.5. The van der Waals surface area contributed by atoms with Gasteiger partial charge in [-0.1, -0.05) is 29.3 Å². The van der Waals surface area contributed by atoms with Gasteiger partial charge in [0.05, 0.1) is 4.92 Å². The summed E-state index contributed by atoms with van der Waals surface area (Å²) in [6, 6.07) is 5.10. The molecule has 104 valence electrons. The number of nitrogens with zero attached hydrogens (tertiary/aromatic N) is 1. The summed E-state index contributed by atoms with van der Waals surface area (Å²) >= 11 is 3.32. The van der Waals surface area contributed by atoms with Crippen molar-refractivity contribution in [1.82, 2.24) is 5.32 Å². The molecule has 1 fully saturated rings. The van der Waals surface area contributed by atoms with Gasteiger partial charge in [0.1, 0.15) is 0 Å². The smallest absolute Gasteiger partial charge is 0.270 e. The van der Waals surface area contributed by atoms with Gasteiger partial charge in [-0.15, -0.1) is 0 Å². The molecule has 0 aliphatic heterocycles. The number of non-ortho nitro benzene ring substituents is 1. The van der Waals surface area contributed by atoms with Crippen LogP contribution in [0, 0.1) is 15.5 Å². The third-order valence-electron chi connectivity index (χ3n) is 3.72. The van der Waals surface area contributed by atoms with Gasteiger partial charge in [-0.05, 0) is 36.3 Å². The van der Waals surface area contributed by atoms with Gasteiger partial charge in [0, 0.05) is 29.7 Å². The average molecular weight is 327 g/mol. The molecule has 1 aromatic rings. The maximum atomic E-state index is 10.8. The van der Waals surface area contributed by atoms with Crippen molar-refractivity contribution in [2.45, 2.75) is 39.2 Å². The number of hydrogen-bond acceptors (Lipinski definition) is 3. The summed E-state index contributed by atoms with van der Waals surface area (Å²) in [4.78, 5) is 10.4. The summed E-state index contributed by atoms with van der Waals surface area (Å²) in [5.74, 6) is 0. The van der Waals surface area contributed by atoms with Crippen LogP contribution in [-0.4, -0.2) is 11.5 Å². The fourth-order valence-electron chi connectivity index (χ4n) is 2.54. The van der Waals surface area contributed by atoms with Gasteiger partial charge in [0.2, 0.25) is 0 Å². The van der Waals surface area contributed by atoms with E-state index in [0.29, 0.717) is 12.0 Å². The third kappa shape index (κ3) is 4.01. The second-order valence-electron chi connectivity index (χ2n) is 5.43. The molecule has 0 atom stereocenters. The van der Waals surface area contributed by atoms with E-state index in [2.05, 4.69) is 28.2 Å². The minimum atomic E-state index is -0.353. The van der Waals surface area contributed by atoms with Crippen LogP contribution in [0.15, 0.2) is 22.7 Å². The van der Waals surface area contributed by atoms with E-state index in [1.165, 1.54) is 31.7 Å². The molecule has 1 N–H and O–H groups in total. The van der Waals surface area contributed by atoms with E-state index in [1.807, 2.05) is 6.07 Å². The fourth-order valence-corrected chi connectivity index (χ4v) is 3.06. The quantitative estimate of drug-likeness (QED) is 0.608. The van der Waals surface area contributed by atoms with Crippen LogP contribution in [0.4, 0.5) is 5.69 Å². The molecule has 0 aromatic heterocycles. The molecule has 0 radical (unpaired) electrons. The molecule has 5 heteroatoms. The van der Waals surface area contributed by atoms with Crippen molar-refractivity contribution >= 4 is 21.6 Å². The van der Waals surface area contributed by atoms with Gasteiger partial charge in [0.25, 0.3) is 5.69 Å². The van der Waals surface area contributed by atoms with Crippen molar-refractivity contribution in [1.29, 1.82) is 0 Å². The number of rotatable bonds is 7. The zero-order chi connectivity index (χ0) is 13.9. The van der Waals surface area contributed by atoms with E-state index in [1.54, 1.807) is 6.07 Å². The Morgan fingerprint density at radius 3 is 2.74 bits per heavy atom. The minimum Gasteiger partial charge on any atom is -0.312 e. The molecule has 0 heterocycles. The number of benzene rings is 1. The van der Waals surface area contributed by atoms with Crippen LogP contribution in [0.25, 0.3) is 0 Å². The lowest BCUT2D eigenvalue weighted by Gasteiger charge is -2.14. The molecular weight excluding hydrogens is 308 g/mol. The van der Waals surface area contributed by atoms with Crippen molar-refractivity contribution < 1.29 is 4.92 Å². The molecule has 1 aromatic carbocycles. The Hall–Kier alpha value is -0.940. The normalized spacial score (nSPS) is 16.3. The van der Waals surface area contributed by atoms with Crippen molar-refractivity contribution in [2.24, 2.45) is 5.41 Å². The first-order valence-corrected chi connectivity index (χ1v) is 7.48. The van der Waals surface area contributed by atoms with E-state index in [9.17, 15) is 10.1 Å². The predicted octanol–water partition coefficient (Wildman–Crippen LogP) is 4.03. The Balaban J connectivity index is 1.91. The fraction of sp³-hybridized carbons (Fsp3) is 0.571. The van der Waals surface area contributed by atoms with E-state index in [0.717, 1.165) is 16.6 Å². The minimum absolute atomic E-state index is 0.140. The van der Waals surface area contributed by atoms with Gasteiger partial charge in [-0.25, -0.2) is 0 Å². The van der Waals surface area contributed by atoms with Gasteiger partial charge in [-0.2, -0.15) is 0 Å². The molecule has 0 spiro atoms. The highest BCUT2D eigenvalue weighted by Crippen LogP contribution is 2.48. The van der Waals surface area contributed by atoms with Crippen LogP contribution in [0.5, 0.6) is 0 Å². The number of nitro groups is 1. The maximum Gasteiger partial charge on any atom is 0.270 e. The lowest BCUT2D eigenvalue weighted by atomic mass is 10.0. The number of nitrogens with one attached hydrogen (secondary N) is 1. The van der Waals surface area contributed by atoms with E-state index in [-0.39, 0.29) is 10.6 Å². The van der Waals surface area contributed by atoms with Gasteiger partial charge in [0.15, 0.2) is 0 Å². The average Bonchev–Trinajstić information content (AvgIpc) is 3.09. The molecule has 0 saturated heterocycles. The summed E-state index contributed by atoms with van der Waals surface area (Å²) in [6.07, 6.45) is 5.13. The van der Waals surface area contributed by atoms with E-state index < -0.39 is 0 Å². The Morgan fingerprint density at radius 1 is 1.42 bits per heavy atom. The largest absolute Gasteiger partial charge is 0.312 e. The zero-order valence-electron chi connectivity index (χ0n) is 11.1. The lowest BCUT2D eigenvalue weighted by Crippen LogP contribution is -2.23. The standard InChI is InChI=1S/C14H19BrN2O2/c1-2-3-14(4-5-14)10-16-9-11-6-12(15)8-13(7-11)17(18)19/h6-8,16H,2-5,9-10H2,1H3. The first-order chi connectivity index (χ1) is 9.04. The Morgan fingerprint density at radius 2 is 2.16 bits per heavy atom. The number of nitro benzene ring substituents is 1. The maximum absolute atomic E-state index is 10.8. The highest BCUT2D eigenvalue weighted by Gasteiger charge is 2.40. The van der Waals surface area contributed by atoms with Gasteiger partial charge < -0.3 is 5.32 Å². The van der Waals surface area contributed by atoms with Crippen molar-refractivity contribution in [3.05, 3.63) is 38.3 Å². The third-order valence-corrected chi connectivity index (χ3v) is 4.18. The molecule has 1 aliphatic rings. The topological polar surface area (TPSA) is 55.2 Å². The summed E-state index contributed by atoms with van der Waals surface area (Å²) < 4.78 is 0.758. The van der Waals surface area contributed by atoms with Crippen LogP contribution in [0.3, 0.4) is 0 Å². The molecule has 0 bridgehead atoms. The molecule has 1 saturated carbocycles. The molecule has 19 heavy (non-hydrogen) atoms. The second-order valence-corrected chi connectivity index (χ2v) is 6.34. The highest BCUT2D eigenvalue weighted by molar-refractivity contribution is 9.10. The van der Waals surface area contributed by atoms with Crippen LogP contribution in [0.2, 0.25) is 0 Å². The van der Waals surface area contributed by atoms with Crippen molar-refractivity contribution in [2.75, 3.05) is 6.54 Å². The zero-order valence-corrected chi connectivity index (χ0v) is 12.7. The Kier molecular flexibility index (Phi) is 4.58. The SMILES string of the molecule is CCCC1(CNCc2cc(Br)cc([N+](=O)[O-])c2)CC1. The number of halogens is 1. The van der Waals surface area contributed by atoms with Crippen LogP contribution in [0.1, 0.15) is 38.2 Å².